The first-order valence-electron chi connectivity index (χ1n) is 12.0. The number of aromatic amines is 1. The first-order chi connectivity index (χ1) is 18.4. The average Bonchev–Trinajstić information content (AvgIpc) is 3.30. The number of nitrogens with two attached hydrogens (primary N) is 2. The lowest BCUT2D eigenvalue weighted by atomic mass is 10.0. The van der Waals surface area contributed by atoms with Gasteiger partial charge in [0.15, 0.2) is 0 Å². The molecule has 1 aromatic heterocycles. The molecule has 212 valence electrons. The second-order valence-electron chi connectivity index (χ2n) is 8.81. The SMILES string of the molecule is NC(=O)CCC(NC(=O)C(N)CO)C(=O)NC(CCC(=O)O)C(=O)NC(Cc1c[nH]c2ccccc12)C(=O)O. The van der Waals surface area contributed by atoms with E-state index in [9.17, 15) is 33.9 Å². The summed E-state index contributed by atoms with van der Waals surface area (Å²) in [6, 6.07) is 1.43. The third kappa shape index (κ3) is 9.39. The quantitative estimate of drug-likeness (QED) is 0.108. The molecule has 2 rings (SSSR count). The normalized spacial score (nSPS) is 14.0. The lowest BCUT2D eigenvalue weighted by molar-refractivity contribution is -0.143. The number of carbonyl (C=O) groups is 6. The number of benzene rings is 1. The number of amides is 4. The number of aliphatic carboxylic acids is 2. The molecule has 2 aromatic rings. The minimum atomic E-state index is -1.50. The number of nitrogens with one attached hydrogen (secondary N) is 4. The van der Waals surface area contributed by atoms with E-state index in [1.165, 1.54) is 0 Å². The van der Waals surface area contributed by atoms with Gasteiger partial charge in [0.05, 0.1) is 6.61 Å². The molecule has 15 heteroatoms. The monoisotopic (exact) mass is 548 g/mol. The summed E-state index contributed by atoms with van der Waals surface area (Å²) in [5, 5.41) is 35.5. The number of carboxylic acids is 2. The number of H-pyrrole nitrogens is 1. The van der Waals surface area contributed by atoms with Gasteiger partial charge in [-0.15, -0.1) is 0 Å². The molecule has 1 heterocycles. The maximum Gasteiger partial charge on any atom is 0.326 e. The molecule has 4 amide bonds. The molecule has 0 aliphatic heterocycles. The summed E-state index contributed by atoms with van der Waals surface area (Å²) in [4.78, 5) is 75.5. The van der Waals surface area contributed by atoms with Crippen molar-refractivity contribution >= 4 is 46.5 Å². The fraction of sp³-hybridized carbons (Fsp3) is 0.417. The zero-order chi connectivity index (χ0) is 29.1. The number of aliphatic hydroxyl groups excluding tert-OH is 1. The minimum absolute atomic E-state index is 0.110. The fourth-order valence-electron chi connectivity index (χ4n) is 3.72. The van der Waals surface area contributed by atoms with E-state index in [0.29, 0.717) is 5.56 Å². The molecule has 0 aliphatic rings. The fourth-order valence-corrected chi connectivity index (χ4v) is 3.72. The standard InChI is InChI=1S/C24H32N6O9/c25-14(11-31)21(35)28-16(5-7-19(26)32)22(36)29-17(6-8-20(33)34)23(37)30-18(24(38)39)9-12-10-27-15-4-2-1-3-13(12)15/h1-4,10,14,16-18,27,31H,5-9,11,25H2,(H2,26,32)(H,28,35)(H,29,36)(H,30,37)(H,33,34)(H,38,39). The largest absolute Gasteiger partial charge is 0.481 e. The van der Waals surface area contributed by atoms with Crippen molar-refractivity contribution in [3.8, 4) is 0 Å². The second kappa shape index (κ2) is 14.4. The van der Waals surface area contributed by atoms with Gasteiger partial charge in [-0.2, -0.15) is 0 Å². The molecule has 0 saturated carbocycles. The summed E-state index contributed by atoms with van der Waals surface area (Å²) in [5.41, 5.74) is 12.0. The second-order valence-corrected chi connectivity index (χ2v) is 8.81. The van der Waals surface area contributed by atoms with Gasteiger partial charge < -0.3 is 47.7 Å². The maximum absolute atomic E-state index is 13.1. The first kappa shape index (κ1) is 30.7. The number of carbonyl (C=O) groups excluding carboxylic acids is 4. The van der Waals surface area contributed by atoms with Gasteiger partial charge in [0.25, 0.3) is 0 Å². The highest BCUT2D eigenvalue weighted by molar-refractivity contribution is 5.95. The summed E-state index contributed by atoms with van der Waals surface area (Å²) < 4.78 is 0. The first-order valence-corrected chi connectivity index (χ1v) is 12.0. The Morgan fingerprint density at radius 2 is 1.41 bits per heavy atom. The summed E-state index contributed by atoms with van der Waals surface area (Å²) in [7, 11) is 0. The van der Waals surface area contributed by atoms with Gasteiger partial charge in [0, 0.05) is 36.4 Å². The molecule has 1 aromatic carbocycles. The number of hydrogen-bond acceptors (Lipinski definition) is 8. The minimum Gasteiger partial charge on any atom is -0.481 e. The Labute approximate surface area is 222 Å². The van der Waals surface area contributed by atoms with E-state index in [0.717, 1.165) is 10.9 Å². The van der Waals surface area contributed by atoms with Gasteiger partial charge in [0.2, 0.25) is 23.6 Å². The van der Waals surface area contributed by atoms with Crippen LogP contribution in [0.5, 0.6) is 0 Å². The predicted molar refractivity (Wildman–Crippen MR) is 136 cm³/mol. The van der Waals surface area contributed by atoms with Crippen LogP contribution in [0.3, 0.4) is 0 Å². The smallest absolute Gasteiger partial charge is 0.326 e. The third-order valence-electron chi connectivity index (χ3n) is 5.84. The molecular weight excluding hydrogens is 516 g/mol. The number of carboxylic acid groups (broad SMARTS) is 2. The Morgan fingerprint density at radius 3 is 1.97 bits per heavy atom. The Kier molecular flexibility index (Phi) is 11.4. The van der Waals surface area contributed by atoms with Crippen LogP contribution in [0.4, 0.5) is 0 Å². The molecule has 0 fully saturated rings. The molecule has 39 heavy (non-hydrogen) atoms. The average molecular weight is 549 g/mol. The number of rotatable bonds is 16. The van der Waals surface area contributed by atoms with Crippen LogP contribution in [0.1, 0.15) is 31.2 Å². The number of hydrogen-bond donors (Lipinski definition) is 9. The van der Waals surface area contributed by atoms with Crippen LogP contribution >= 0.6 is 0 Å². The lowest BCUT2D eigenvalue weighted by Gasteiger charge is -2.24. The van der Waals surface area contributed by atoms with Crippen LogP contribution in [0.25, 0.3) is 10.9 Å². The van der Waals surface area contributed by atoms with Crippen molar-refractivity contribution in [2.45, 2.75) is 56.3 Å². The van der Waals surface area contributed by atoms with E-state index in [4.69, 9.17) is 21.7 Å². The number of primary amides is 1. The van der Waals surface area contributed by atoms with Gasteiger partial charge >= 0.3 is 11.9 Å². The summed E-state index contributed by atoms with van der Waals surface area (Å²) in [5.74, 6) is -6.27. The van der Waals surface area contributed by atoms with Crippen LogP contribution < -0.4 is 27.4 Å². The van der Waals surface area contributed by atoms with Crippen LogP contribution in [-0.2, 0) is 35.2 Å². The molecule has 11 N–H and O–H groups in total. The highest BCUT2D eigenvalue weighted by atomic mass is 16.4. The van der Waals surface area contributed by atoms with E-state index in [-0.39, 0.29) is 19.3 Å². The van der Waals surface area contributed by atoms with Crippen LogP contribution in [0.2, 0.25) is 0 Å². The van der Waals surface area contributed by atoms with Crippen molar-refractivity contribution in [2.75, 3.05) is 6.61 Å². The summed E-state index contributed by atoms with van der Waals surface area (Å²) >= 11 is 0. The molecule has 4 atom stereocenters. The van der Waals surface area contributed by atoms with Gasteiger partial charge in [-0.25, -0.2) is 4.79 Å². The van der Waals surface area contributed by atoms with Crippen molar-refractivity contribution in [3.05, 3.63) is 36.0 Å². The van der Waals surface area contributed by atoms with Crippen molar-refractivity contribution in [1.82, 2.24) is 20.9 Å². The molecular formula is C24H32N6O9. The van der Waals surface area contributed by atoms with Crippen molar-refractivity contribution < 1.29 is 44.1 Å². The van der Waals surface area contributed by atoms with Gasteiger partial charge in [0.1, 0.15) is 24.2 Å². The van der Waals surface area contributed by atoms with Crippen molar-refractivity contribution in [2.24, 2.45) is 11.5 Å². The third-order valence-corrected chi connectivity index (χ3v) is 5.84. The van der Waals surface area contributed by atoms with Crippen molar-refractivity contribution in [3.63, 3.8) is 0 Å². The van der Waals surface area contributed by atoms with E-state index in [1.807, 2.05) is 0 Å². The molecule has 0 saturated heterocycles. The van der Waals surface area contributed by atoms with Crippen LogP contribution in [-0.4, -0.2) is 86.6 Å². The number of aliphatic hydroxyl groups is 1. The molecule has 0 aliphatic carbocycles. The Morgan fingerprint density at radius 1 is 0.846 bits per heavy atom. The van der Waals surface area contributed by atoms with Gasteiger partial charge in [-0.3, -0.25) is 24.0 Å². The lowest BCUT2D eigenvalue weighted by Crippen LogP contribution is -2.57. The van der Waals surface area contributed by atoms with Crippen LogP contribution in [0, 0.1) is 0 Å². The van der Waals surface area contributed by atoms with Gasteiger partial charge in [-0.05, 0) is 24.5 Å². The highest BCUT2D eigenvalue weighted by Crippen LogP contribution is 2.19. The maximum atomic E-state index is 13.1. The van der Waals surface area contributed by atoms with Crippen molar-refractivity contribution in [1.29, 1.82) is 0 Å². The van der Waals surface area contributed by atoms with Crippen LogP contribution in [0.15, 0.2) is 30.5 Å². The Balaban J connectivity index is 2.21. The zero-order valence-electron chi connectivity index (χ0n) is 20.9. The molecule has 0 bridgehead atoms. The Bertz CT molecular complexity index is 1210. The summed E-state index contributed by atoms with van der Waals surface area (Å²) in [6.07, 6.45) is -0.0626. The molecule has 4 unspecified atom stereocenters. The van der Waals surface area contributed by atoms with Gasteiger partial charge in [-0.1, -0.05) is 18.2 Å². The molecule has 0 radical (unpaired) electrons. The topological polar surface area (TPSA) is 267 Å². The predicted octanol–water partition coefficient (Wildman–Crippen LogP) is -2.30. The highest BCUT2D eigenvalue weighted by Gasteiger charge is 2.31. The molecule has 15 nitrogen and oxygen atoms in total. The van der Waals surface area contributed by atoms with E-state index in [2.05, 4.69) is 20.9 Å². The number of fused-ring (bicyclic) bond motifs is 1. The molecule has 0 spiro atoms. The summed E-state index contributed by atoms with van der Waals surface area (Å²) in [6.45, 7) is -0.730. The van der Waals surface area contributed by atoms with E-state index < -0.39 is 79.2 Å². The number of para-hydroxylation sites is 1. The number of aromatic nitrogens is 1. The Hall–Kier alpha value is -4.50. The zero-order valence-corrected chi connectivity index (χ0v) is 20.9. The van der Waals surface area contributed by atoms with E-state index >= 15 is 0 Å². The van der Waals surface area contributed by atoms with E-state index in [1.54, 1.807) is 30.5 Å².